The lowest BCUT2D eigenvalue weighted by molar-refractivity contribution is 0.128. The Morgan fingerprint density at radius 3 is 2.80 bits per heavy atom. The maximum Gasteiger partial charge on any atom is 0.0664 e. The van der Waals surface area contributed by atoms with Crippen LogP contribution < -0.4 is 5.32 Å². The zero-order valence-corrected chi connectivity index (χ0v) is 6.27. The average molecular weight is 141 g/mol. The summed E-state index contributed by atoms with van der Waals surface area (Å²) in [4.78, 5) is 0. The van der Waals surface area contributed by atoms with Crippen LogP contribution in [-0.4, -0.2) is 23.3 Å². The van der Waals surface area contributed by atoms with Crippen molar-refractivity contribution >= 4 is 0 Å². The zero-order valence-electron chi connectivity index (χ0n) is 6.27. The molecule has 0 radical (unpaired) electrons. The molecule has 1 atom stereocenters. The second-order valence-electron chi connectivity index (χ2n) is 3.72. The van der Waals surface area contributed by atoms with Gasteiger partial charge in [0.15, 0.2) is 0 Å². The van der Waals surface area contributed by atoms with E-state index in [4.69, 9.17) is 0 Å². The van der Waals surface area contributed by atoms with Gasteiger partial charge in [-0.15, -0.1) is 0 Å². The quantitative estimate of drug-likeness (QED) is 0.592. The molecule has 1 heterocycles. The molecule has 2 fully saturated rings. The first kappa shape index (κ1) is 6.62. The Labute approximate surface area is 61.6 Å². The van der Waals surface area contributed by atoms with Gasteiger partial charge in [-0.1, -0.05) is 0 Å². The Morgan fingerprint density at radius 1 is 1.50 bits per heavy atom. The lowest BCUT2D eigenvalue weighted by Crippen LogP contribution is -2.27. The molecule has 0 aromatic heterocycles. The van der Waals surface area contributed by atoms with Gasteiger partial charge in [-0.25, -0.2) is 0 Å². The van der Waals surface area contributed by atoms with Crippen molar-refractivity contribution in [2.45, 2.75) is 43.7 Å². The Bertz CT molecular complexity index is 125. The molecular formula is C8H15NO. The van der Waals surface area contributed by atoms with Crippen molar-refractivity contribution in [3.05, 3.63) is 0 Å². The lowest BCUT2D eigenvalue weighted by Gasteiger charge is -2.13. The number of rotatable bonds is 2. The molecule has 10 heavy (non-hydrogen) atoms. The molecule has 1 saturated carbocycles. The van der Waals surface area contributed by atoms with E-state index in [0.717, 1.165) is 25.8 Å². The Hall–Kier alpha value is -0.0800. The van der Waals surface area contributed by atoms with Crippen LogP contribution in [0.25, 0.3) is 0 Å². The number of nitrogens with one attached hydrogen (secondary N) is 1. The fourth-order valence-corrected chi connectivity index (χ4v) is 1.74. The summed E-state index contributed by atoms with van der Waals surface area (Å²) in [5.74, 6) is 0. The molecule has 2 rings (SSSR count). The molecule has 2 N–H and O–H groups in total. The van der Waals surface area contributed by atoms with Gasteiger partial charge >= 0.3 is 0 Å². The molecule has 58 valence electrons. The van der Waals surface area contributed by atoms with Crippen molar-refractivity contribution in [2.24, 2.45) is 0 Å². The number of hydrogen-bond acceptors (Lipinski definition) is 2. The highest BCUT2D eigenvalue weighted by atomic mass is 16.3. The third kappa shape index (κ3) is 1.32. The van der Waals surface area contributed by atoms with Crippen LogP contribution in [-0.2, 0) is 0 Å². The molecule has 1 aliphatic heterocycles. The van der Waals surface area contributed by atoms with Crippen LogP contribution in [0.4, 0.5) is 0 Å². The maximum absolute atomic E-state index is 9.55. The fraction of sp³-hybridized carbons (Fsp3) is 1.00. The van der Waals surface area contributed by atoms with Gasteiger partial charge < -0.3 is 10.4 Å². The predicted molar refractivity (Wildman–Crippen MR) is 39.8 cm³/mol. The summed E-state index contributed by atoms with van der Waals surface area (Å²) in [6.45, 7) is 1.15. The van der Waals surface area contributed by atoms with Gasteiger partial charge in [-0.3, -0.25) is 0 Å². The molecule has 0 bridgehead atoms. The van der Waals surface area contributed by atoms with Crippen molar-refractivity contribution in [2.75, 3.05) is 6.54 Å². The topological polar surface area (TPSA) is 32.3 Å². The minimum atomic E-state index is -0.248. The summed E-state index contributed by atoms with van der Waals surface area (Å²) < 4.78 is 0. The maximum atomic E-state index is 9.55. The van der Waals surface area contributed by atoms with Gasteiger partial charge in [0.1, 0.15) is 0 Å². The monoisotopic (exact) mass is 141 g/mol. The second kappa shape index (κ2) is 2.21. The van der Waals surface area contributed by atoms with Crippen LogP contribution in [0.3, 0.4) is 0 Å². The van der Waals surface area contributed by atoms with Gasteiger partial charge in [-0.05, 0) is 38.6 Å². The van der Waals surface area contributed by atoms with Gasteiger partial charge in [0.05, 0.1) is 5.60 Å². The minimum absolute atomic E-state index is 0.248. The predicted octanol–water partition coefficient (Wildman–Crippen LogP) is 0.653. The van der Waals surface area contributed by atoms with Crippen molar-refractivity contribution in [3.8, 4) is 0 Å². The van der Waals surface area contributed by atoms with E-state index in [9.17, 15) is 5.11 Å². The van der Waals surface area contributed by atoms with Crippen molar-refractivity contribution < 1.29 is 5.11 Å². The van der Waals surface area contributed by atoms with Gasteiger partial charge in [0.2, 0.25) is 0 Å². The summed E-state index contributed by atoms with van der Waals surface area (Å²) in [6, 6.07) is 0.618. The normalized spacial score (nSPS) is 36.3. The van der Waals surface area contributed by atoms with Crippen LogP contribution in [0.5, 0.6) is 0 Å². The van der Waals surface area contributed by atoms with Gasteiger partial charge in [-0.2, -0.15) is 0 Å². The first-order valence-electron chi connectivity index (χ1n) is 4.24. The third-order valence-electron chi connectivity index (χ3n) is 2.62. The summed E-state index contributed by atoms with van der Waals surface area (Å²) in [7, 11) is 0. The largest absolute Gasteiger partial charge is 0.390 e. The number of aliphatic hydroxyl groups is 1. The second-order valence-corrected chi connectivity index (χ2v) is 3.72. The number of hydrogen-bond donors (Lipinski definition) is 2. The zero-order chi connectivity index (χ0) is 7.03. The highest BCUT2D eigenvalue weighted by molar-refractivity contribution is 4.97. The average Bonchev–Trinajstić information content (AvgIpc) is 2.47. The molecule has 1 aliphatic carbocycles. The van der Waals surface area contributed by atoms with E-state index < -0.39 is 0 Å². The molecule has 0 spiro atoms. The first-order valence-corrected chi connectivity index (χ1v) is 4.24. The van der Waals surface area contributed by atoms with Crippen LogP contribution in [0, 0.1) is 0 Å². The van der Waals surface area contributed by atoms with E-state index in [1.54, 1.807) is 0 Å². The summed E-state index contributed by atoms with van der Waals surface area (Å²) in [6.07, 6.45) is 5.62. The van der Waals surface area contributed by atoms with Crippen molar-refractivity contribution in [1.29, 1.82) is 0 Å². The molecule has 0 aromatic carbocycles. The molecule has 0 aromatic rings. The Balaban J connectivity index is 1.78. The standard InChI is InChI=1S/C8H15NO/c10-8(3-4-8)6-7-2-1-5-9-7/h7,9-10H,1-6H2. The summed E-state index contributed by atoms with van der Waals surface area (Å²) >= 11 is 0. The third-order valence-corrected chi connectivity index (χ3v) is 2.62. The van der Waals surface area contributed by atoms with Crippen LogP contribution in [0.1, 0.15) is 32.1 Å². The SMILES string of the molecule is OC1(CC2CCCN2)CC1. The minimum Gasteiger partial charge on any atom is -0.390 e. The lowest BCUT2D eigenvalue weighted by atomic mass is 10.1. The molecule has 2 aliphatic rings. The highest BCUT2D eigenvalue weighted by Gasteiger charge is 2.42. The molecule has 2 heteroatoms. The van der Waals surface area contributed by atoms with Crippen LogP contribution in [0.15, 0.2) is 0 Å². The van der Waals surface area contributed by atoms with Gasteiger partial charge in [0.25, 0.3) is 0 Å². The summed E-state index contributed by atoms with van der Waals surface area (Å²) in [5, 5.41) is 12.9. The molecular weight excluding hydrogens is 126 g/mol. The molecule has 0 amide bonds. The van der Waals surface area contributed by atoms with E-state index in [1.807, 2.05) is 0 Å². The van der Waals surface area contributed by atoms with E-state index in [-0.39, 0.29) is 5.60 Å². The van der Waals surface area contributed by atoms with E-state index in [1.165, 1.54) is 12.8 Å². The van der Waals surface area contributed by atoms with E-state index in [2.05, 4.69) is 5.32 Å². The Morgan fingerprint density at radius 2 is 2.30 bits per heavy atom. The summed E-state index contributed by atoms with van der Waals surface area (Å²) in [5.41, 5.74) is -0.248. The molecule has 1 unspecified atom stereocenters. The fourth-order valence-electron chi connectivity index (χ4n) is 1.74. The van der Waals surface area contributed by atoms with E-state index in [0.29, 0.717) is 6.04 Å². The van der Waals surface area contributed by atoms with Crippen LogP contribution >= 0.6 is 0 Å². The van der Waals surface area contributed by atoms with Crippen molar-refractivity contribution in [3.63, 3.8) is 0 Å². The molecule has 1 saturated heterocycles. The first-order chi connectivity index (χ1) is 4.79. The highest BCUT2D eigenvalue weighted by Crippen LogP contribution is 2.40. The smallest absolute Gasteiger partial charge is 0.0664 e. The Kier molecular flexibility index (Phi) is 1.46. The van der Waals surface area contributed by atoms with Crippen LogP contribution in [0.2, 0.25) is 0 Å². The molecule has 2 nitrogen and oxygen atoms in total. The van der Waals surface area contributed by atoms with E-state index >= 15 is 0 Å². The van der Waals surface area contributed by atoms with Crippen molar-refractivity contribution in [1.82, 2.24) is 5.32 Å². The van der Waals surface area contributed by atoms with Gasteiger partial charge in [0, 0.05) is 6.04 Å².